The lowest BCUT2D eigenvalue weighted by Crippen LogP contribution is -2.02. The summed E-state index contributed by atoms with van der Waals surface area (Å²) in [7, 11) is 0. The number of rotatable bonds is 0. The van der Waals surface area contributed by atoms with Crippen molar-refractivity contribution in [3.05, 3.63) is 0 Å². The largest absolute Gasteiger partial charge is 0.297 e. The van der Waals surface area contributed by atoms with E-state index in [9.17, 15) is 4.79 Å². The highest BCUT2D eigenvalue weighted by Crippen LogP contribution is 2.00. The first kappa shape index (κ1) is 5.82. The summed E-state index contributed by atoms with van der Waals surface area (Å²) in [5.74, 6) is 1.77. The second-order valence-electron chi connectivity index (χ2n) is 1.58. The summed E-state index contributed by atoms with van der Waals surface area (Å²) in [5, 5.41) is 0. The fraction of sp³-hybridized carbons (Fsp3) is 0.600. The molecule has 1 heterocycles. The predicted molar refractivity (Wildman–Crippen MR) is 35.7 cm³/mol. The maximum absolute atomic E-state index is 10.5. The van der Waals surface area contributed by atoms with Gasteiger partial charge in [0.15, 0.2) is 5.78 Å². The van der Waals surface area contributed by atoms with Gasteiger partial charge in [-0.2, -0.15) is 0 Å². The molecule has 1 aliphatic heterocycles. The van der Waals surface area contributed by atoms with Crippen molar-refractivity contribution in [2.45, 2.75) is 0 Å². The molecule has 0 unspecified atom stereocenters. The molecule has 1 rings (SSSR count). The Morgan fingerprint density at radius 1 is 1.75 bits per heavy atom. The zero-order valence-electron chi connectivity index (χ0n) is 4.46. The van der Waals surface area contributed by atoms with Crippen LogP contribution in [0.15, 0.2) is 4.99 Å². The summed E-state index contributed by atoms with van der Waals surface area (Å²) >= 11 is 1.62. The van der Waals surface area contributed by atoms with Gasteiger partial charge >= 0.3 is 0 Å². The van der Waals surface area contributed by atoms with Gasteiger partial charge in [0.05, 0.1) is 12.3 Å². The normalized spacial score (nSPS) is 20.8. The minimum Gasteiger partial charge on any atom is -0.297 e. The standard InChI is InChI=1S/C5H7NOS/c7-5-3-6-1-2-8-4-5/h1H,2-4H2. The Bertz CT molecular complexity index is 122. The third kappa shape index (κ3) is 1.66. The minimum absolute atomic E-state index is 0.240. The lowest BCUT2D eigenvalue weighted by Gasteiger charge is -1.86. The van der Waals surface area contributed by atoms with Gasteiger partial charge in [-0.3, -0.25) is 9.79 Å². The lowest BCUT2D eigenvalue weighted by atomic mass is 10.5. The lowest BCUT2D eigenvalue weighted by molar-refractivity contribution is -0.115. The van der Waals surface area contributed by atoms with Gasteiger partial charge in [-0.25, -0.2) is 0 Å². The zero-order chi connectivity index (χ0) is 5.82. The van der Waals surface area contributed by atoms with Gasteiger partial charge in [0.25, 0.3) is 0 Å². The van der Waals surface area contributed by atoms with E-state index in [1.807, 2.05) is 0 Å². The molecule has 2 nitrogen and oxygen atoms in total. The Kier molecular flexibility index (Phi) is 2.09. The van der Waals surface area contributed by atoms with E-state index in [2.05, 4.69) is 4.99 Å². The fourth-order valence-electron chi connectivity index (χ4n) is 0.490. The van der Waals surface area contributed by atoms with Gasteiger partial charge in [-0.1, -0.05) is 0 Å². The molecule has 0 radical (unpaired) electrons. The number of aliphatic imine (C=N–C) groups is 1. The third-order valence-corrected chi connectivity index (χ3v) is 1.76. The van der Waals surface area contributed by atoms with E-state index in [0.29, 0.717) is 12.3 Å². The van der Waals surface area contributed by atoms with Crippen LogP contribution in [0, 0.1) is 0 Å². The first-order chi connectivity index (χ1) is 3.89. The van der Waals surface area contributed by atoms with Crippen LogP contribution >= 0.6 is 11.8 Å². The first-order valence-electron chi connectivity index (χ1n) is 2.47. The monoisotopic (exact) mass is 129 g/mol. The average Bonchev–Trinajstić information content (AvgIpc) is 1.94. The van der Waals surface area contributed by atoms with Crippen molar-refractivity contribution >= 4 is 23.8 Å². The molecule has 0 N–H and O–H groups in total. The van der Waals surface area contributed by atoms with Gasteiger partial charge in [0.2, 0.25) is 0 Å². The predicted octanol–water partition coefficient (Wildman–Crippen LogP) is 0.373. The molecular formula is C5H7NOS. The first-order valence-corrected chi connectivity index (χ1v) is 3.63. The van der Waals surface area contributed by atoms with Crippen molar-refractivity contribution in [2.24, 2.45) is 4.99 Å². The molecule has 0 bridgehead atoms. The molecule has 0 aromatic carbocycles. The molecule has 0 amide bonds. The Hall–Kier alpha value is -0.310. The fourth-order valence-corrected chi connectivity index (χ4v) is 1.14. The van der Waals surface area contributed by atoms with Gasteiger partial charge in [0.1, 0.15) is 0 Å². The smallest absolute Gasteiger partial charge is 0.164 e. The van der Waals surface area contributed by atoms with Crippen molar-refractivity contribution in [1.82, 2.24) is 0 Å². The molecule has 1 aliphatic rings. The van der Waals surface area contributed by atoms with Crippen molar-refractivity contribution in [3.63, 3.8) is 0 Å². The topological polar surface area (TPSA) is 29.4 Å². The molecule has 0 fully saturated rings. The highest BCUT2D eigenvalue weighted by Gasteiger charge is 2.01. The number of nitrogens with zero attached hydrogens (tertiary/aromatic N) is 1. The van der Waals surface area contributed by atoms with Crippen molar-refractivity contribution in [3.8, 4) is 0 Å². The molecule has 0 aliphatic carbocycles. The van der Waals surface area contributed by atoms with Gasteiger partial charge in [0, 0.05) is 12.0 Å². The molecule has 3 heteroatoms. The molecule has 0 aromatic rings. The Morgan fingerprint density at radius 2 is 2.62 bits per heavy atom. The van der Waals surface area contributed by atoms with Crippen LogP contribution in [0.4, 0.5) is 0 Å². The summed E-state index contributed by atoms with van der Waals surface area (Å²) < 4.78 is 0. The molecule has 0 atom stereocenters. The second-order valence-corrected chi connectivity index (χ2v) is 2.61. The van der Waals surface area contributed by atoms with E-state index >= 15 is 0 Å². The van der Waals surface area contributed by atoms with Crippen molar-refractivity contribution in [2.75, 3.05) is 18.1 Å². The highest BCUT2D eigenvalue weighted by molar-refractivity contribution is 8.00. The van der Waals surface area contributed by atoms with Crippen LogP contribution < -0.4 is 0 Å². The van der Waals surface area contributed by atoms with Gasteiger partial charge in [-0.15, -0.1) is 11.8 Å². The average molecular weight is 129 g/mol. The molecule has 0 saturated carbocycles. The van der Waals surface area contributed by atoms with Crippen LogP contribution in [-0.2, 0) is 4.79 Å². The molecule has 44 valence electrons. The van der Waals surface area contributed by atoms with Crippen LogP contribution in [0.2, 0.25) is 0 Å². The van der Waals surface area contributed by atoms with Crippen LogP contribution in [0.3, 0.4) is 0 Å². The summed E-state index contributed by atoms with van der Waals surface area (Å²) in [6.45, 7) is 0.396. The molecule has 8 heavy (non-hydrogen) atoms. The third-order valence-electron chi connectivity index (χ3n) is 0.852. The molecule has 0 saturated heterocycles. The number of carbonyl (C=O) groups is 1. The summed E-state index contributed by atoms with van der Waals surface area (Å²) in [4.78, 5) is 14.4. The minimum atomic E-state index is 0.240. The van der Waals surface area contributed by atoms with E-state index in [-0.39, 0.29) is 5.78 Å². The zero-order valence-corrected chi connectivity index (χ0v) is 5.28. The van der Waals surface area contributed by atoms with Crippen LogP contribution in [0.1, 0.15) is 0 Å². The number of Topliss-reactive ketones (excluding diaryl/α,β-unsaturated/α-hetero) is 1. The van der Waals surface area contributed by atoms with E-state index < -0.39 is 0 Å². The number of ketones is 1. The number of thioether (sulfide) groups is 1. The maximum Gasteiger partial charge on any atom is 0.164 e. The summed E-state index contributed by atoms with van der Waals surface area (Å²) in [6, 6.07) is 0. The van der Waals surface area contributed by atoms with Gasteiger partial charge in [-0.05, 0) is 0 Å². The van der Waals surface area contributed by atoms with E-state index in [1.54, 1.807) is 18.0 Å². The molecule has 0 spiro atoms. The van der Waals surface area contributed by atoms with Crippen LogP contribution in [0.5, 0.6) is 0 Å². The van der Waals surface area contributed by atoms with Crippen molar-refractivity contribution in [1.29, 1.82) is 0 Å². The molecule has 0 aromatic heterocycles. The SMILES string of the molecule is O=C1CN=CCSC1. The van der Waals surface area contributed by atoms with E-state index in [0.717, 1.165) is 5.75 Å². The Balaban J connectivity index is 2.41. The maximum atomic E-state index is 10.5. The van der Waals surface area contributed by atoms with Crippen LogP contribution in [0.25, 0.3) is 0 Å². The van der Waals surface area contributed by atoms with E-state index in [1.165, 1.54) is 0 Å². The number of hydrogen-bond acceptors (Lipinski definition) is 3. The highest BCUT2D eigenvalue weighted by atomic mass is 32.2. The number of hydrogen-bond donors (Lipinski definition) is 0. The molecular weight excluding hydrogens is 122 g/mol. The quantitative estimate of drug-likeness (QED) is 0.473. The summed E-state index contributed by atoms with van der Waals surface area (Å²) in [5.41, 5.74) is 0. The van der Waals surface area contributed by atoms with Crippen LogP contribution in [-0.4, -0.2) is 30.0 Å². The summed E-state index contributed by atoms with van der Waals surface area (Å²) in [6.07, 6.45) is 1.80. The van der Waals surface area contributed by atoms with Crippen molar-refractivity contribution < 1.29 is 4.79 Å². The second kappa shape index (κ2) is 2.87. The Morgan fingerprint density at radius 3 is 3.50 bits per heavy atom. The Labute approximate surface area is 52.4 Å². The van der Waals surface area contributed by atoms with Gasteiger partial charge < -0.3 is 0 Å². The number of carbonyl (C=O) groups excluding carboxylic acids is 1. The van der Waals surface area contributed by atoms with E-state index in [4.69, 9.17) is 0 Å².